The zero-order valence-corrected chi connectivity index (χ0v) is 24.0. The molecule has 43 heavy (non-hydrogen) atoms. The second-order valence-corrected chi connectivity index (χ2v) is 11.1. The van der Waals surface area contributed by atoms with Crippen LogP contribution in [-0.4, -0.2) is 69.0 Å². The largest absolute Gasteiger partial charge is 0.790 e. The van der Waals surface area contributed by atoms with E-state index in [-0.39, 0.29) is 30.4 Å². The maximum absolute atomic E-state index is 12.9. The molecule has 1 saturated heterocycles. The molecular formula is C27H27F2N6O7P-2. The number of ether oxygens (including phenoxy) is 1. The minimum absolute atomic E-state index is 0.0236. The van der Waals surface area contributed by atoms with E-state index >= 15 is 0 Å². The van der Waals surface area contributed by atoms with Crippen molar-refractivity contribution in [3.05, 3.63) is 70.8 Å². The molecule has 1 aliphatic heterocycles. The molecule has 0 saturated carbocycles. The zero-order chi connectivity index (χ0) is 30.9. The first-order valence-electron chi connectivity index (χ1n) is 13.2. The van der Waals surface area contributed by atoms with Gasteiger partial charge in [0, 0.05) is 56.2 Å². The highest BCUT2D eigenvalue weighted by Gasteiger charge is 2.28. The Labute approximate surface area is 244 Å². The van der Waals surface area contributed by atoms with Gasteiger partial charge in [0.05, 0.1) is 25.3 Å². The van der Waals surface area contributed by atoms with Crippen LogP contribution >= 0.6 is 7.82 Å². The van der Waals surface area contributed by atoms with Crippen LogP contribution in [0, 0.1) is 0 Å². The number of benzene rings is 2. The van der Waals surface area contributed by atoms with Crippen molar-refractivity contribution in [2.24, 2.45) is 7.05 Å². The molecule has 5 rings (SSSR count). The summed E-state index contributed by atoms with van der Waals surface area (Å²) < 4.78 is 48.5. The van der Waals surface area contributed by atoms with Gasteiger partial charge in [-0.3, -0.25) is 19.0 Å². The Morgan fingerprint density at radius 2 is 1.84 bits per heavy atom. The number of carbonyl (C=O) groups is 1. The molecule has 1 aliphatic rings. The second-order valence-electron chi connectivity index (χ2n) is 9.98. The van der Waals surface area contributed by atoms with Gasteiger partial charge in [0.1, 0.15) is 12.4 Å². The third-order valence-corrected chi connectivity index (χ3v) is 7.66. The molecule has 16 heteroatoms. The summed E-state index contributed by atoms with van der Waals surface area (Å²) in [6.45, 7) is -0.931. The molecule has 0 N–H and O–H groups in total. The summed E-state index contributed by atoms with van der Waals surface area (Å²) in [6.07, 6.45) is 3.27. The number of piperazine rings is 1. The van der Waals surface area contributed by atoms with Gasteiger partial charge in [0.15, 0.2) is 0 Å². The normalized spacial score (nSPS) is 15.8. The number of hydrogen-bond acceptors (Lipinski definition) is 10. The minimum atomic E-state index is -5.25. The van der Waals surface area contributed by atoms with Crippen molar-refractivity contribution in [2.45, 2.75) is 26.1 Å². The van der Waals surface area contributed by atoms with Crippen molar-refractivity contribution in [2.75, 3.05) is 31.1 Å². The highest BCUT2D eigenvalue weighted by Crippen LogP contribution is 2.27. The number of fused-ring (bicyclic) bond motifs is 1. The molecular weight excluding hydrogens is 589 g/mol. The van der Waals surface area contributed by atoms with E-state index in [1.54, 1.807) is 61.4 Å². The van der Waals surface area contributed by atoms with E-state index in [9.17, 15) is 32.7 Å². The lowest BCUT2D eigenvalue weighted by Crippen LogP contribution is -2.55. The smallest absolute Gasteiger partial charge is 0.387 e. The number of rotatable bonds is 9. The Kier molecular flexibility index (Phi) is 8.60. The SMILES string of the molecule is C[C@@H]1CN(c2ncc(-c3ccc4c(=O)n(C)n(Cc5ccccc5OC(F)F)c4c3)cn2)CCN1C(=O)COP(=O)([O-])[O-]. The topological polar surface area (TPSA) is 158 Å². The minimum Gasteiger partial charge on any atom is -0.790 e. The molecule has 4 aromatic rings. The number of aromatic nitrogens is 4. The van der Waals surface area contributed by atoms with Crippen molar-refractivity contribution in [1.29, 1.82) is 0 Å². The average Bonchev–Trinajstić information content (AvgIpc) is 3.20. The number of para-hydroxylation sites is 1. The predicted molar refractivity (Wildman–Crippen MR) is 147 cm³/mol. The number of carbonyl (C=O) groups excluding carboxylic acids is 1. The van der Waals surface area contributed by atoms with Gasteiger partial charge >= 0.3 is 6.61 Å². The Morgan fingerprint density at radius 1 is 1.12 bits per heavy atom. The molecule has 0 unspecified atom stereocenters. The van der Waals surface area contributed by atoms with Crippen LogP contribution in [-0.2, 0) is 27.5 Å². The Morgan fingerprint density at radius 3 is 2.51 bits per heavy atom. The maximum atomic E-state index is 12.9. The number of alkyl halides is 2. The number of halogens is 2. The van der Waals surface area contributed by atoms with E-state index in [2.05, 4.69) is 19.2 Å². The molecule has 1 atom stereocenters. The summed E-state index contributed by atoms with van der Waals surface area (Å²) in [5.74, 6) is -0.151. The monoisotopic (exact) mass is 616 g/mol. The van der Waals surface area contributed by atoms with Crippen molar-refractivity contribution >= 4 is 30.6 Å². The van der Waals surface area contributed by atoms with Crippen LogP contribution in [0.15, 0.2) is 59.7 Å². The first-order chi connectivity index (χ1) is 20.4. The predicted octanol–water partition coefficient (Wildman–Crippen LogP) is 1.33. The molecule has 0 bridgehead atoms. The van der Waals surface area contributed by atoms with Gasteiger partial charge < -0.3 is 33.4 Å². The molecule has 228 valence electrons. The Balaban J connectivity index is 1.34. The lowest BCUT2D eigenvalue weighted by Gasteiger charge is -2.40. The molecule has 0 radical (unpaired) electrons. The molecule has 2 aromatic carbocycles. The highest BCUT2D eigenvalue weighted by molar-refractivity contribution is 7.43. The number of phosphoric ester groups is 1. The number of anilines is 1. The molecule has 1 amide bonds. The quantitative estimate of drug-likeness (QED) is 0.251. The van der Waals surface area contributed by atoms with Crippen molar-refractivity contribution in [3.63, 3.8) is 0 Å². The van der Waals surface area contributed by atoms with Gasteiger partial charge in [-0.15, -0.1) is 0 Å². The lowest BCUT2D eigenvalue weighted by atomic mass is 10.1. The summed E-state index contributed by atoms with van der Waals surface area (Å²) >= 11 is 0. The summed E-state index contributed by atoms with van der Waals surface area (Å²) in [5, 5.41) is 0.455. The van der Waals surface area contributed by atoms with Crippen LogP contribution in [0.5, 0.6) is 5.75 Å². The standard InChI is InChI=1S/C27H29F2N6O7P/c1-17-14-33(9-10-34(17)24(36)16-41-43(38,39)40)27-30-12-20(13-31-27)18-7-8-21-22(11-18)35(32(2)25(21)37)15-19-5-3-4-6-23(19)42-26(28)29/h3-8,11-13,17,26H,9-10,14-16H2,1-2H3,(H2,38,39,40)/p-2/t17-/m1/s1. The van der Waals surface area contributed by atoms with Crippen molar-refractivity contribution in [3.8, 4) is 16.9 Å². The van der Waals surface area contributed by atoms with E-state index in [0.717, 1.165) is 5.56 Å². The fourth-order valence-electron chi connectivity index (χ4n) is 5.11. The lowest BCUT2D eigenvalue weighted by molar-refractivity contribution is -0.341. The number of hydrogen-bond donors (Lipinski definition) is 0. The molecule has 3 heterocycles. The van der Waals surface area contributed by atoms with E-state index in [4.69, 9.17) is 0 Å². The zero-order valence-electron chi connectivity index (χ0n) is 23.1. The van der Waals surface area contributed by atoms with E-state index < -0.39 is 26.9 Å². The number of phosphoric acid groups is 1. The first kappa shape index (κ1) is 30.3. The van der Waals surface area contributed by atoms with Crippen LogP contribution in [0.3, 0.4) is 0 Å². The fourth-order valence-corrected chi connectivity index (χ4v) is 5.38. The molecule has 0 spiro atoms. The molecule has 0 aliphatic carbocycles. The van der Waals surface area contributed by atoms with Gasteiger partial charge in [-0.05, 0) is 30.7 Å². The highest BCUT2D eigenvalue weighted by atomic mass is 31.2. The summed E-state index contributed by atoms with van der Waals surface area (Å²) in [6, 6.07) is 11.4. The number of amides is 1. The van der Waals surface area contributed by atoms with Gasteiger partial charge in [-0.2, -0.15) is 8.78 Å². The Hall–Kier alpha value is -4.17. The Bertz CT molecular complexity index is 1740. The van der Waals surface area contributed by atoms with E-state index in [0.29, 0.717) is 41.1 Å². The van der Waals surface area contributed by atoms with Crippen LogP contribution in [0.1, 0.15) is 12.5 Å². The van der Waals surface area contributed by atoms with Crippen molar-refractivity contribution < 1.29 is 37.2 Å². The van der Waals surface area contributed by atoms with Crippen LogP contribution in [0.2, 0.25) is 0 Å². The van der Waals surface area contributed by atoms with E-state index in [1.807, 2.05) is 11.0 Å². The average molecular weight is 617 g/mol. The molecule has 2 aromatic heterocycles. The molecule has 13 nitrogen and oxygen atoms in total. The van der Waals surface area contributed by atoms with Gasteiger partial charge in [-0.1, -0.05) is 24.3 Å². The van der Waals surface area contributed by atoms with Crippen molar-refractivity contribution in [1.82, 2.24) is 24.2 Å². The summed E-state index contributed by atoms with van der Waals surface area (Å²) in [4.78, 5) is 58.9. The van der Waals surface area contributed by atoms with Gasteiger partial charge in [0.2, 0.25) is 11.9 Å². The maximum Gasteiger partial charge on any atom is 0.387 e. The third-order valence-electron chi connectivity index (χ3n) is 7.22. The summed E-state index contributed by atoms with van der Waals surface area (Å²) in [7, 11) is -3.65. The number of nitrogens with zero attached hydrogens (tertiary/aromatic N) is 6. The van der Waals surface area contributed by atoms with Crippen LogP contribution in [0.4, 0.5) is 14.7 Å². The van der Waals surface area contributed by atoms with Crippen LogP contribution < -0.4 is 25.0 Å². The van der Waals surface area contributed by atoms with Gasteiger partial charge in [-0.25, -0.2) is 9.97 Å². The van der Waals surface area contributed by atoms with E-state index in [1.165, 1.54) is 15.6 Å². The van der Waals surface area contributed by atoms with Crippen LogP contribution in [0.25, 0.3) is 22.0 Å². The fraction of sp³-hybridized carbons (Fsp3) is 0.333. The summed E-state index contributed by atoms with van der Waals surface area (Å²) in [5.41, 5.74) is 2.23. The third kappa shape index (κ3) is 6.75. The first-order valence-corrected chi connectivity index (χ1v) is 14.6. The van der Waals surface area contributed by atoms with Gasteiger partial charge in [0.25, 0.3) is 5.56 Å². The molecule has 1 fully saturated rings. The second kappa shape index (κ2) is 12.2.